The standard InChI is InChI=1S/C83H130O17P2/c1-5-9-13-17-21-25-29-33-36-38-41-44-47-51-55-59-63-67-80(85)93-73-78(99-82(87)69-65-61-57-53-49-43-32-28-24-20-16-12-8-4)75-97-101(89,90)95-71-77(84)72-96-102(91,92)98-76-79(100-83(88)70-66-62-58-54-50-46-40-35-31-27-23-19-15-11-7-3)74-94-81(86)68-64-60-56-52-48-45-42-39-37-34-30-26-22-18-14-10-6-2/h9-11,13-16,20-23,25-28,32-37,40-42,44-45,50-52,54-56,77-79,84H,5-8,12,17-19,24,29-31,38-39,43,46-49,53,57-76H2,1-4H3,(H,89,90)(H,91,92)/b13-9-,14-10-,15-11-,20-16-,25-21-,26-22-,27-23-,32-28-,36-33-,37-34-,40-35-,44-41-,45-42-,54-50-,55-51-,56-52-. The number of aliphatic hydroxyl groups excluding tert-OH is 1. The predicted octanol–water partition coefficient (Wildman–Crippen LogP) is 21.8. The number of esters is 4. The van der Waals surface area contributed by atoms with Crippen molar-refractivity contribution in [2.75, 3.05) is 39.6 Å². The van der Waals surface area contributed by atoms with Crippen molar-refractivity contribution in [3.63, 3.8) is 0 Å². The lowest BCUT2D eigenvalue weighted by Gasteiger charge is -2.21. The molecule has 0 aliphatic carbocycles. The van der Waals surface area contributed by atoms with Crippen LogP contribution in [0.5, 0.6) is 0 Å². The fourth-order valence-electron chi connectivity index (χ4n) is 8.91. The Kier molecular flexibility index (Phi) is 68.8. The maximum absolute atomic E-state index is 13.1. The van der Waals surface area contributed by atoms with Gasteiger partial charge in [0.05, 0.1) is 26.4 Å². The van der Waals surface area contributed by atoms with E-state index in [4.69, 9.17) is 37.0 Å². The third kappa shape index (κ3) is 72.3. The van der Waals surface area contributed by atoms with Crippen LogP contribution in [0.1, 0.15) is 246 Å². The number of unbranched alkanes of at least 4 members (excludes halogenated alkanes) is 10. The Morgan fingerprint density at radius 1 is 0.284 bits per heavy atom. The van der Waals surface area contributed by atoms with Crippen LogP contribution in [0.15, 0.2) is 194 Å². The molecule has 17 nitrogen and oxygen atoms in total. The molecular weight excluding hydrogens is 1330 g/mol. The molecule has 574 valence electrons. The van der Waals surface area contributed by atoms with E-state index < -0.39 is 97.5 Å². The van der Waals surface area contributed by atoms with E-state index in [2.05, 4.69) is 192 Å². The summed E-state index contributed by atoms with van der Waals surface area (Å²) in [6.45, 7) is 4.22. The number of rotatable bonds is 68. The first kappa shape index (κ1) is 95.9. The molecule has 5 unspecified atom stereocenters. The Morgan fingerprint density at radius 2 is 0.520 bits per heavy atom. The van der Waals surface area contributed by atoms with E-state index in [0.717, 1.165) is 148 Å². The van der Waals surface area contributed by atoms with Gasteiger partial charge in [0.25, 0.3) is 0 Å². The van der Waals surface area contributed by atoms with Crippen molar-refractivity contribution in [1.82, 2.24) is 0 Å². The van der Waals surface area contributed by atoms with Crippen LogP contribution < -0.4 is 0 Å². The van der Waals surface area contributed by atoms with E-state index in [-0.39, 0.29) is 25.7 Å². The first-order valence-corrected chi connectivity index (χ1v) is 40.7. The normalized spacial score (nSPS) is 15.0. The van der Waals surface area contributed by atoms with Gasteiger partial charge in [-0.1, -0.05) is 248 Å². The molecule has 0 fully saturated rings. The highest BCUT2D eigenvalue weighted by atomic mass is 31.2. The molecule has 3 N–H and O–H groups in total. The summed E-state index contributed by atoms with van der Waals surface area (Å²) in [5.41, 5.74) is 0. The Balaban J connectivity index is 5.52. The van der Waals surface area contributed by atoms with Crippen LogP contribution in [0.25, 0.3) is 0 Å². The summed E-state index contributed by atoms with van der Waals surface area (Å²) < 4.78 is 68.3. The molecule has 0 aliphatic heterocycles. The second-order valence-electron chi connectivity index (χ2n) is 24.1. The van der Waals surface area contributed by atoms with Crippen molar-refractivity contribution < 1.29 is 80.2 Å². The van der Waals surface area contributed by atoms with Gasteiger partial charge in [-0.25, -0.2) is 9.13 Å². The van der Waals surface area contributed by atoms with Gasteiger partial charge in [-0.15, -0.1) is 0 Å². The molecule has 0 amide bonds. The van der Waals surface area contributed by atoms with E-state index in [1.165, 1.54) is 0 Å². The molecule has 0 aliphatic rings. The van der Waals surface area contributed by atoms with Gasteiger partial charge in [0.1, 0.15) is 19.3 Å². The lowest BCUT2D eigenvalue weighted by atomic mass is 10.1. The predicted molar refractivity (Wildman–Crippen MR) is 417 cm³/mol. The van der Waals surface area contributed by atoms with Gasteiger partial charge in [0.2, 0.25) is 0 Å². The van der Waals surface area contributed by atoms with Gasteiger partial charge in [0, 0.05) is 25.7 Å². The first-order chi connectivity index (χ1) is 49.7. The third-order valence-corrected chi connectivity index (χ3v) is 16.4. The van der Waals surface area contributed by atoms with Crippen LogP contribution >= 0.6 is 15.6 Å². The quantitative estimate of drug-likeness (QED) is 0.0169. The Morgan fingerprint density at radius 3 is 0.833 bits per heavy atom. The molecule has 0 rings (SSSR count). The molecule has 0 bridgehead atoms. The van der Waals surface area contributed by atoms with E-state index in [1.54, 1.807) is 0 Å². The highest BCUT2D eigenvalue weighted by molar-refractivity contribution is 7.47. The van der Waals surface area contributed by atoms with Gasteiger partial charge in [-0.2, -0.15) is 0 Å². The summed E-state index contributed by atoms with van der Waals surface area (Å²) in [6.07, 6.45) is 88.8. The van der Waals surface area contributed by atoms with Crippen LogP contribution in [-0.4, -0.2) is 96.7 Å². The van der Waals surface area contributed by atoms with Gasteiger partial charge in [-0.3, -0.25) is 37.3 Å². The number of carbonyl (C=O) groups excluding carboxylic acids is 4. The zero-order chi connectivity index (χ0) is 74.6. The number of hydrogen-bond donors (Lipinski definition) is 3. The molecule has 0 spiro atoms. The Hall–Kier alpha value is -6.10. The van der Waals surface area contributed by atoms with Crippen molar-refractivity contribution in [3.8, 4) is 0 Å². The van der Waals surface area contributed by atoms with Crippen molar-refractivity contribution in [2.24, 2.45) is 0 Å². The molecule has 102 heavy (non-hydrogen) atoms. The lowest BCUT2D eigenvalue weighted by Crippen LogP contribution is -2.30. The third-order valence-electron chi connectivity index (χ3n) is 14.5. The molecule has 0 radical (unpaired) electrons. The second-order valence-corrected chi connectivity index (χ2v) is 27.0. The average Bonchev–Trinajstić information content (AvgIpc) is 0.939. The summed E-state index contributed by atoms with van der Waals surface area (Å²) in [5, 5.41) is 10.6. The smallest absolute Gasteiger partial charge is 0.462 e. The van der Waals surface area contributed by atoms with Crippen molar-refractivity contribution in [1.29, 1.82) is 0 Å². The van der Waals surface area contributed by atoms with Crippen LogP contribution in [0, 0.1) is 0 Å². The Bertz CT molecular complexity index is 2700. The number of allylic oxidation sites excluding steroid dienone is 32. The van der Waals surface area contributed by atoms with E-state index in [9.17, 15) is 43.2 Å². The lowest BCUT2D eigenvalue weighted by molar-refractivity contribution is -0.161. The molecule has 0 aromatic carbocycles. The first-order valence-electron chi connectivity index (χ1n) is 37.7. The maximum Gasteiger partial charge on any atom is 0.472 e. The molecule has 0 saturated heterocycles. The minimum absolute atomic E-state index is 0.0206. The molecular formula is C83H130O17P2. The number of aliphatic hydroxyl groups is 1. The minimum atomic E-state index is -5.01. The maximum atomic E-state index is 13.1. The molecule has 0 saturated carbocycles. The summed E-state index contributed by atoms with van der Waals surface area (Å²) in [4.78, 5) is 72.8. The van der Waals surface area contributed by atoms with Gasteiger partial charge < -0.3 is 33.8 Å². The zero-order valence-electron chi connectivity index (χ0n) is 62.4. The highest BCUT2D eigenvalue weighted by Crippen LogP contribution is 2.45. The topological polar surface area (TPSA) is 237 Å². The summed E-state index contributed by atoms with van der Waals surface area (Å²) in [6, 6.07) is 0. The van der Waals surface area contributed by atoms with E-state index in [0.29, 0.717) is 44.9 Å². The van der Waals surface area contributed by atoms with Gasteiger partial charge in [0.15, 0.2) is 12.2 Å². The fraction of sp³-hybridized carbons (Fsp3) is 0.566. The molecule has 19 heteroatoms. The summed E-state index contributed by atoms with van der Waals surface area (Å²) in [7, 11) is -10.0. The monoisotopic (exact) mass is 1460 g/mol. The van der Waals surface area contributed by atoms with Crippen LogP contribution in [0.2, 0.25) is 0 Å². The molecule has 5 atom stereocenters. The highest BCUT2D eigenvalue weighted by Gasteiger charge is 2.30. The summed E-state index contributed by atoms with van der Waals surface area (Å²) in [5.74, 6) is -2.40. The Labute approximate surface area is 615 Å². The molecule has 0 aromatic rings. The van der Waals surface area contributed by atoms with Crippen LogP contribution in [-0.2, 0) is 65.4 Å². The number of carbonyl (C=O) groups is 4. The number of hydrogen-bond acceptors (Lipinski definition) is 15. The van der Waals surface area contributed by atoms with E-state index in [1.807, 2.05) is 30.4 Å². The van der Waals surface area contributed by atoms with Gasteiger partial charge in [-0.05, 0) is 167 Å². The summed E-state index contributed by atoms with van der Waals surface area (Å²) >= 11 is 0. The van der Waals surface area contributed by atoms with Crippen molar-refractivity contribution in [2.45, 2.75) is 264 Å². The van der Waals surface area contributed by atoms with Crippen LogP contribution in [0.3, 0.4) is 0 Å². The van der Waals surface area contributed by atoms with E-state index >= 15 is 0 Å². The minimum Gasteiger partial charge on any atom is -0.462 e. The number of ether oxygens (including phenoxy) is 4. The second kappa shape index (κ2) is 73.2. The van der Waals surface area contributed by atoms with Crippen molar-refractivity contribution in [3.05, 3.63) is 194 Å². The van der Waals surface area contributed by atoms with Crippen LogP contribution in [0.4, 0.5) is 0 Å². The zero-order valence-corrected chi connectivity index (χ0v) is 64.2. The SMILES string of the molecule is CC/C=C\C/C=C\C/C=C\C/C=C\C/C=C\CCCC(=O)OCC(COP(=O)(O)OCC(O)COP(=O)(O)OCC(COC(=O)CCC/C=C\C/C=C\C/C=C\C/C=C\C/C=C\CC)OC(=O)CCCCCCC/C=C\C/C=C\CCC)OC(=O)CCCC/C=C\C/C=C\C/C=C\C/C=C\CC. The molecule has 0 heterocycles. The average molecular weight is 1460 g/mol. The molecule has 0 aromatic heterocycles. The largest absolute Gasteiger partial charge is 0.472 e. The number of phosphoric acid groups is 2. The van der Waals surface area contributed by atoms with Gasteiger partial charge >= 0.3 is 39.5 Å². The fourth-order valence-corrected chi connectivity index (χ4v) is 10.5. The number of phosphoric ester groups is 2. The van der Waals surface area contributed by atoms with Crippen molar-refractivity contribution >= 4 is 39.5 Å².